The molecule has 1 aliphatic rings. The van der Waals surface area contributed by atoms with Gasteiger partial charge >= 0.3 is 6.03 Å². The van der Waals surface area contributed by atoms with E-state index in [0.29, 0.717) is 19.7 Å². The number of hydrogen-bond donors (Lipinski definition) is 1. The molecule has 138 valence electrons. The van der Waals surface area contributed by atoms with Crippen molar-refractivity contribution < 1.29 is 14.3 Å². The molecule has 3 amide bonds. The number of aryl methyl sites for hydroxylation is 1. The minimum Gasteiger partial charge on any atom is -0.491 e. The van der Waals surface area contributed by atoms with Crippen LogP contribution < -0.4 is 10.1 Å². The molecule has 6 nitrogen and oxygen atoms in total. The van der Waals surface area contributed by atoms with Crippen molar-refractivity contribution in [2.75, 3.05) is 32.8 Å². The zero-order valence-electron chi connectivity index (χ0n) is 15.5. The second-order valence-electron chi connectivity index (χ2n) is 6.63. The van der Waals surface area contributed by atoms with Gasteiger partial charge in [0.15, 0.2) is 0 Å². The molecule has 0 unspecified atom stereocenters. The van der Waals surface area contributed by atoms with Gasteiger partial charge < -0.3 is 19.9 Å². The predicted octanol–water partition coefficient (Wildman–Crippen LogP) is 2.42. The average Bonchev–Trinajstić information content (AvgIpc) is 2.60. The number of carbonyl (C=O) groups is 2. The molecule has 1 aromatic carbocycles. The van der Waals surface area contributed by atoms with Gasteiger partial charge in [0.05, 0.1) is 6.04 Å². The van der Waals surface area contributed by atoms with E-state index < -0.39 is 0 Å². The molecule has 1 N–H and O–H groups in total. The van der Waals surface area contributed by atoms with Crippen molar-refractivity contribution in [2.45, 2.75) is 39.7 Å². The van der Waals surface area contributed by atoms with Gasteiger partial charge in [0, 0.05) is 19.6 Å². The van der Waals surface area contributed by atoms with Crippen LogP contribution >= 0.6 is 0 Å². The minimum atomic E-state index is -0.205. The van der Waals surface area contributed by atoms with Gasteiger partial charge in [0.25, 0.3) is 0 Å². The van der Waals surface area contributed by atoms with E-state index in [1.54, 1.807) is 4.90 Å². The Bertz CT molecular complexity index is 574. The Kier molecular flexibility index (Phi) is 7.10. The Morgan fingerprint density at radius 1 is 1.28 bits per heavy atom. The maximum atomic E-state index is 12.3. The van der Waals surface area contributed by atoms with Gasteiger partial charge in [0.2, 0.25) is 5.91 Å². The topological polar surface area (TPSA) is 61.9 Å². The normalized spacial score (nSPS) is 15.9. The van der Waals surface area contributed by atoms with Crippen molar-refractivity contribution in [2.24, 2.45) is 0 Å². The molecule has 1 saturated heterocycles. The van der Waals surface area contributed by atoms with Crippen LogP contribution in [0, 0.1) is 6.92 Å². The molecule has 0 saturated carbocycles. The van der Waals surface area contributed by atoms with E-state index in [9.17, 15) is 9.59 Å². The fourth-order valence-corrected chi connectivity index (χ4v) is 2.67. The van der Waals surface area contributed by atoms with E-state index in [-0.39, 0.29) is 24.5 Å². The fourth-order valence-electron chi connectivity index (χ4n) is 2.67. The third-order valence-corrected chi connectivity index (χ3v) is 4.28. The zero-order valence-corrected chi connectivity index (χ0v) is 15.5. The number of hydrogen-bond acceptors (Lipinski definition) is 3. The molecule has 25 heavy (non-hydrogen) atoms. The number of rotatable bonds is 7. The summed E-state index contributed by atoms with van der Waals surface area (Å²) >= 11 is 0. The first-order chi connectivity index (χ1) is 12.0. The molecule has 0 aliphatic carbocycles. The van der Waals surface area contributed by atoms with Gasteiger partial charge in [-0.2, -0.15) is 0 Å². The summed E-state index contributed by atoms with van der Waals surface area (Å²) in [6.45, 7) is 8.54. The second-order valence-corrected chi connectivity index (χ2v) is 6.63. The summed E-state index contributed by atoms with van der Waals surface area (Å²) in [5, 5.41) is 2.90. The predicted molar refractivity (Wildman–Crippen MR) is 97.7 cm³/mol. The zero-order chi connectivity index (χ0) is 18.2. The Labute approximate surface area is 150 Å². The molecule has 2 rings (SSSR count). The van der Waals surface area contributed by atoms with E-state index >= 15 is 0 Å². The lowest BCUT2D eigenvalue weighted by Crippen LogP contribution is -2.56. The number of unbranched alkanes of at least 4 members (excludes halogenated alkanes) is 1. The van der Waals surface area contributed by atoms with Crippen LogP contribution in [-0.4, -0.2) is 60.6 Å². The lowest BCUT2D eigenvalue weighted by atomic mass is 10.2. The second kappa shape index (κ2) is 9.30. The summed E-state index contributed by atoms with van der Waals surface area (Å²) in [7, 11) is 0. The monoisotopic (exact) mass is 347 g/mol. The fraction of sp³-hybridized carbons (Fsp3) is 0.579. The maximum Gasteiger partial charge on any atom is 0.318 e. The van der Waals surface area contributed by atoms with Crippen LogP contribution in [0.5, 0.6) is 5.75 Å². The SMILES string of the molecule is CCCCN1CCN(C(=O)N[C@H](C)COc2ccc(C)cc2)CC1=O. The molecule has 1 fully saturated rings. The van der Waals surface area contributed by atoms with Crippen molar-refractivity contribution in [1.82, 2.24) is 15.1 Å². The van der Waals surface area contributed by atoms with Crippen LogP contribution in [0.15, 0.2) is 24.3 Å². The maximum absolute atomic E-state index is 12.3. The first-order valence-corrected chi connectivity index (χ1v) is 9.02. The van der Waals surface area contributed by atoms with Gasteiger partial charge in [-0.1, -0.05) is 31.0 Å². The summed E-state index contributed by atoms with van der Waals surface area (Å²) < 4.78 is 5.69. The number of benzene rings is 1. The van der Waals surface area contributed by atoms with Gasteiger partial charge in [-0.15, -0.1) is 0 Å². The molecule has 6 heteroatoms. The highest BCUT2D eigenvalue weighted by Crippen LogP contribution is 2.11. The Morgan fingerprint density at radius 2 is 2.00 bits per heavy atom. The number of amides is 3. The van der Waals surface area contributed by atoms with Crippen molar-refractivity contribution in [3.63, 3.8) is 0 Å². The third kappa shape index (κ3) is 5.96. The molecule has 1 aromatic rings. The summed E-state index contributed by atoms with van der Waals surface area (Å²) in [4.78, 5) is 27.9. The third-order valence-electron chi connectivity index (χ3n) is 4.28. The molecule has 1 aliphatic heterocycles. The van der Waals surface area contributed by atoms with Crippen molar-refractivity contribution in [1.29, 1.82) is 0 Å². The van der Waals surface area contributed by atoms with E-state index in [2.05, 4.69) is 12.2 Å². The number of carbonyl (C=O) groups excluding carboxylic acids is 2. The number of piperazine rings is 1. The Balaban J connectivity index is 1.73. The highest BCUT2D eigenvalue weighted by atomic mass is 16.5. The van der Waals surface area contributed by atoms with Crippen LogP contribution in [0.3, 0.4) is 0 Å². The van der Waals surface area contributed by atoms with Crippen LogP contribution in [0.4, 0.5) is 4.79 Å². The molecule has 1 heterocycles. The van der Waals surface area contributed by atoms with Gasteiger partial charge in [-0.25, -0.2) is 4.79 Å². The van der Waals surface area contributed by atoms with Crippen LogP contribution in [0.25, 0.3) is 0 Å². The minimum absolute atomic E-state index is 0.0263. The lowest BCUT2D eigenvalue weighted by Gasteiger charge is -2.34. The molecule has 0 spiro atoms. The standard InChI is InChI=1S/C19H29N3O3/c1-4-5-10-21-11-12-22(13-18(21)23)19(24)20-16(3)14-25-17-8-6-15(2)7-9-17/h6-9,16H,4-5,10-14H2,1-3H3,(H,20,24)/t16-/m1/s1. The van der Waals surface area contributed by atoms with E-state index in [4.69, 9.17) is 4.74 Å². The van der Waals surface area contributed by atoms with E-state index in [1.807, 2.05) is 43.0 Å². The average molecular weight is 347 g/mol. The molecule has 0 radical (unpaired) electrons. The lowest BCUT2D eigenvalue weighted by molar-refractivity contribution is -0.134. The summed E-state index contributed by atoms with van der Waals surface area (Å²) in [5.41, 5.74) is 1.18. The number of ether oxygens (including phenoxy) is 1. The van der Waals surface area contributed by atoms with Crippen molar-refractivity contribution in [3.8, 4) is 5.75 Å². The Morgan fingerprint density at radius 3 is 2.64 bits per heavy atom. The van der Waals surface area contributed by atoms with Gasteiger partial charge in [0.1, 0.15) is 18.9 Å². The molecule has 1 atom stereocenters. The number of nitrogens with zero attached hydrogens (tertiary/aromatic N) is 2. The van der Waals surface area contributed by atoms with Crippen molar-refractivity contribution >= 4 is 11.9 Å². The van der Waals surface area contributed by atoms with Crippen LogP contribution in [-0.2, 0) is 4.79 Å². The van der Waals surface area contributed by atoms with E-state index in [0.717, 1.165) is 25.1 Å². The summed E-state index contributed by atoms with van der Waals surface area (Å²) in [5.74, 6) is 0.810. The van der Waals surface area contributed by atoms with Gasteiger partial charge in [-0.05, 0) is 32.4 Å². The van der Waals surface area contributed by atoms with E-state index in [1.165, 1.54) is 5.56 Å². The highest BCUT2D eigenvalue weighted by molar-refractivity contribution is 5.85. The van der Waals surface area contributed by atoms with Crippen LogP contribution in [0.1, 0.15) is 32.3 Å². The summed E-state index contributed by atoms with van der Waals surface area (Å²) in [6.07, 6.45) is 2.07. The quantitative estimate of drug-likeness (QED) is 0.824. The number of urea groups is 1. The summed E-state index contributed by atoms with van der Waals surface area (Å²) in [6, 6.07) is 7.46. The largest absolute Gasteiger partial charge is 0.491 e. The molecular weight excluding hydrogens is 318 g/mol. The first-order valence-electron chi connectivity index (χ1n) is 9.02. The number of nitrogens with one attached hydrogen (secondary N) is 1. The highest BCUT2D eigenvalue weighted by Gasteiger charge is 2.27. The van der Waals surface area contributed by atoms with Crippen LogP contribution in [0.2, 0.25) is 0 Å². The molecule has 0 bridgehead atoms. The van der Waals surface area contributed by atoms with Crippen molar-refractivity contribution in [3.05, 3.63) is 29.8 Å². The smallest absolute Gasteiger partial charge is 0.318 e. The molecule has 0 aromatic heterocycles. The van der Waals surface area contributed by atoms with Gasteiger partial charge in [-0.3, -0.25) is 4.79 Å². The first kappa shape index (κ1) is 19.1. The Hall–Kier alpha value is -2.24. The molecular formula is C19H29N3O3.